The van der Waals surface area contributed by atoms with Gasteiger partial charge in [0, 0.05) is 60.9 Å². The van der Waals surface area contributed by atoms with Crippen molar-refractivity contribution in [2.45, 2.75) is 20.3 Å². The van der Waals surface area contributed by atoms with Gasteiger partial charge in [0.1, 0.15) is 11.6 Å². The molecule has 0 saturated carbocycles. The maximum Gasteiger partial charge on any atom is 0.160 e. The maximum atomic E-state index is 12.0. The molecule has 2 aromatic heterocycles. The Morgan fingerprint density at radius 1 is 1.19 bits per heavy atom. The summed E-state index contributed by atoms with van der Waals surface area (Å²) in [5, 5.41) is 3.05. The molecule has 0 spiro atoms. The zero-order valence-electron chi connectivity index (χ0n) is 18.5. The second kappa shape index (κ2) is 9.16. The number of rotatable bonds is 6. The number of anilines is 1. The molecule has 0 atom stereocenters. The molecule has 3 heterocycles. The SMILES string of the molecule is COc1cc(C)c(C(C)=O)cc1Cc1nc(-c2ccc(N3CCN(C)CC3)nc2)cs1. The Morgan fingerprint density at radius 3 is 2.61 bits per heavy atom. The first-order chi connectivity index (χ1) is 14.9. The Balaban J connectivity index is 1.51. The predicted octanol–water partition coefficient (Wildman–Crippen LogP) is 4.07. The summed E-state index contributed by atoms with van der Waals surface area (Å²) in [5.41, 5.74) is 4.58. The smallest absolute Gasteiger partial charge is 0.160 e. The second-order valence-corrected chi connectivity index (χ2v) is 8.98. The fraction of sp³-hybridized carbons (Fsp3) is 0.375. The van der Waals surface area contributed by atoms with Crippen LogP contribution in [0, 0.1) is 6.92 Å². The lowest BCUT2D eigenvalue weighted by atomic mass is 9.99. The van der Waals surface area contributed by atoms with Crippen LogP contribution < -0.4 is 9.64 Å². The van der Waals surface area contributed by atoms with E-state index < -0.39 is 0 Å². The van der Waals surface area contributed by atoms with Gasteiger partial charge in [-0.3, -0.25) is 4.79 Å². The van der Waals surface area contributed by atoms with Gasteiger partial charge in [0.15, 0.2) is 5.78 Å². The number of aryl methyl sites for hydroxylation is 1. The summed E-state index contributed by atoms with van der Waals surface area (Å²) in [5.74, 6) is 1.87. The summed E-state index contributed by atoms with van der Waals surface area (Å²) < 4.78 is 5.55. The number of ketones is 1. The molecule has 31 heavy (non-hydrogen) atoms. The van der Waals surface area contributed by atoms with Crippen molar-refractivity contribution in [3.63, 3.8) is 0 Å². The molecule has 1 saturated heterocycles. The fourth-order valence-corrected chi connectivity index (χ4v) is 4.71. The van der Waals surface area contributed by atoms with Crippen LogP contribution in [-0.2, 0) is 6.42 Å². The number of piperazine rings is 1. The minimum atomic E-state index is 0.0627. The number of benzene rings is 1. The first-order valence-corrected chi connectivity index (χ1v) is 11.4. The standard InChI is InChI=1S/C24H28N4O2S/c1-16-11-22(30-4)19(12-20(16)17(2)29)13-24-26-21(15-31-24)18-5-6-23(25-14-18)28-9-7-27(3)8-10-28/h5-6,11-12,14-15H,7-10,13H2,1-4H3. The van der Waals surface area contributed by atoms with E-state index in [9.17, 15) is 4.79 Å². The molecule has 0 radical (unpaired) electrons. The van der Waals surface area contributed by atoms with Crippen LogP contribution in [-0.4, -0.2) is 61.0 Å². The summed E-state index contributed by atoms with van der Waals surface area (Å²) in [6, 6.07) is 8.05. The summed E-state index contributed by atoms with van der Waals surface area (Å²) in [7, 11) is 3.81. The van der Waals surface area contributed by atoms with Gasteiger partial charge in [0.25, 0.3) is 0 Å². The summed E-state index contributed by atoms with van der Waals surface area (Å²) in [6.45, 7) is 7.66. The van der Waals surface area contributed by atoms with Crippen molar-refractivity contribution in [3.05, 3.63) is 57.5 Å². The molecule has 1 aliphatic rings. The highest BCUT2D eigenvalue weighted by atomic mass is 32.1. The second-order valence-electron chi connectivity index (χ2n) is 8.03. The van der Waals surface area contributed by atoms with Crippen LogP contribution in [0.4, 0.5) is 5.82 Å². The minimum absolute atomic E-state index is 0.0627. The zero-order chi connectivity index (χ0) is 22.0. The van der Waals surface area contributed by atoms with E-state index in [1.54, 1.807) is 25.4 Å². The molecular weight excluding hydrogens is 408 g/mol. The van der Waals surface area contributed by atoms with Gasteiger partial charge < -0.3 is 14.5 Å². The highest BCUT2D eigenvalue weighted by Crippen LogP contribution is 2.29. The topological polar surface area (TPSA) is 58.6 Å². The van der Waals surface area contributed by atoms with Crippen LogP contribution in [0.3, 0.4) is 0 Å². The lowest BCUT2D eigenvalue weighted by Gasteiger charge is -2.33. The Morgan fingerprint density at radius 2 is 1.97 bits per heavy atom. The number of methoxy groups -OCH3 is 1. The molecule has 1 fully saturated rings. The lowest BCUT2D eigenvalue weighted by Crippen LogP contribution is -2.44. The highest BCUT2D eigenvalue weighted by molar-refractivity contribution is 7.10. The quantitative estimate of drug-likeness (QED) is 0.543. The fourth-order valence-electron chi connectivity index (χ4n) is 3.88. The molecular formula is C24H28N4O2S. The normalized spacial score (nSPS) is 14.6. The molecule has 7 heteroatoms. The van der Waals surface area contributed by atoms with Crippen molar-refractivity contribution in [1.82, 2.24) is 14.9 Å². The van der Waals surface area contributed by atoms with E-state index in [0.29, 0.717) is 6.42 Å². The third kappa shape index (κ3) is 4.78. The Hall–Kier alpha value is -2.77. The lowest BCUT2D eigenvalue weighted by molar-refractivity contribution is 0.101. The molecule has 162 valence electrons. The first-order valence-electron chi connectivity index (χ1n) is 10.5. The number of carbonyl (C=O) groups excluding carboxylic acids is 1. The van der Waals surface area contributed by atoms with E-state index in [4.69, 9.17) is 9.72 Å². The van der Waals surface area contributed by atoms with Crippen LogP contribution in [0.2, 0.25) is 0 Å². The van der Waals surface area contributed by atoms with Crippen LogP contribution >= 0.6 is 11.3 Å². The number of nitrogens with zero attached hydrogens (tertiary/aromatic N) is 4. The van der Waals surface area contributed by atoms with Crippen molar-refractivity contribution in [3.8, 4) is 17.0 Å². The van der Waals surface area contributed by atoms with Gasteiger partial charge in [-0.1, -0.05) is 0 Å². The number of Topliss-reactive ketones (excluding diaryl/α,β-unsaturated/α-hetero) is 1. The molecule has 4 rings (SSSR count). The monoisotopic (exact) mass is 436 g/mol. The van der Waals surface area contributed by atoms with E-state index in [1.807, 2.05) is 25.3 Å². The van der Waals surface area contributed by atoms with Crippen LogP contribution in [0.1, 0.15) is 33.4 Å². The van der Waals surface area contributed by atoms with Crippen molar-refractivity contribution < 1.29 is 9.53 Å². The number of aromatic nitrogens is 2. The number of pyridine rings is 1. The minimum Gasteiger partial charge on any atom is -0.496 e. The number of carbonyl (C=O) groups is 1. The molecule has 0 amide bonds. The number of likely N-dealkylation sites (N-methyl/N-ethyl adjacent to an activating group) is 1. The third-order valence-electron chi connectivity index (χ3n) is 5.77. The largest absolute Gasteiger partial charge is 0.496 e. The molecule has 1 aromatic carbocycles. The number of hydrogen-bond acceptors (Lipinski definition) is 7. The van der Waals surface area contributed by atoms with Gasteiger partial charge in [0.2, 0.25) is 0 Å². The Kier molecular flexibility index (Phi) is 6.34. The van der Waals surface area contributed by atoms with Gasteiger partial charge in [-0.2, -0.15) is 0 Å². The molecule has 6 nitrogen and oxygen atoms in total. The molecule has 3 aromatic rings. The van der Waals surface area contributed by atoms with E-state index >= 15 is 0 Å². The van der Waals surface area contributed by atoms with Gasteiger partial charge in [-0.25, -0.2) is 9.97 Å². The predicted molar refractivity (Wildman–Crippen MR) is 126 cm³/mol. The molecule has 0 unspecified atom stereocenters. The first kappa shape index (κ1) is 21.5. The van der Waals surface area contributed by atoms with Gasteiger partial charge in [-0.05, 0) is 50.7 Å². The average molecular weight is 437 g/mol. The summed E-state index contributed by atoms with van der Waals surface area (Å²) >= 11 is 1.61. The zero-order valence-corrected chi connectivity index (χ0v) is 19.3. The van der Waals surface area contributed by atoms with Crippen LogP contribution in [0.25, 0.3) is 11.3 Å². The van der Waals surface area contributed by atoms with E-state index in [2.05, 4.69) is 39.3 Å². The summed E-state index contributed by atoms with van der Waals surface area (Å²) in [4.78, 5) is 26.1. The van der Waals surface area contributed by atoms with Crippen LogP contribution in [0.15, 0.2) is 35.8 Å². The molecule has 0 bridgehead atoms. The molecule has 0 N–H and O–H groups in total. The van der Waals surface area contributed by atoms with Gasteiger partial charge in [0.05, 0.1) is 17.8 Å². The van der Waals surface area contributed by atoms with Crippen molar-refractivity contribution in [2.75, 3.05) is 45.2 Å². The third-order valence-corrected chi connectivity index (χ3v) is 6.62. The molecule has 1 aliphatic heterocycles. The average Bonchev–Trinajstić information content (AvgIpc) is 3.23. The van der Waals surface area contributed by atoms with Gasteiger partial charge in [-0.15, -0.1) is 11.3 Å². The van der Waals surface area contributed by atoms with E-state index in [-0.39, 0.29) is 5.78 Å². The van der Waals surface area contributed by atoms with Crippen molar-refractivity contribution in [1.29, 1.82) is 0 Å². The van der Waals surface area contributed by atoms with E-state index in [1.165, 1.54) is 0 Å². The van der Waals surface area contributed by atoms with Crippen LogP contribution in [0.5, 0.6) is 5.75 Å². The molecule has 0 aliphatic carbocycles. The van der Waals surface area contributed by atoms with E-state index in [0.717, 1.165) is 70.7 Å². The Bertz CT molecular complexity index is 1070. The number of thiazole rings is 1. The van der Waals surface area contributed by atoms with Gasteiger partial charge >= 0.3 is 0 Å². The van der Waals surface area contributed by atoms with Crippen molar-refractivity contribution >= 4 is 22.9 Å². The maximum absolute atomic E-state index is 12.0. The Labute approximate surface area is 187 Å². The van der Waals surface area contributed by atoms with Crippen molar-refractivity contribution in [2.24, 2.45) is 0 Å². The number of ether oxygens (including phenoxy) is 1. The summed E-state index contributed by atoms with van der Waals surface area (Å²) in [6.07, 6.45) is 2.54. The number of hydrogen-bond donors (Lipinski definition) is 0. The highest BCUT2D eigenvalue weighted by Gasteiger charge is 2.16.